The molecule has 1 aliphatic carbocycles. The summed E-state index contributed by atoms with van der Waals surface area (Å²) >= 11 is 0. The zero-order chi connectivity index (χ0) is 21.0. The van der Waals surface area contributed by atoms with Crippen LogP contribution in [0.3, 0.4) is 0 Å². The van der Waals surface area contributed by atoms with Crippen LogP contribution in [0.5, 0.6) is 0 Å². The van der Waals surface area contributed by atoms with Crippen LogP contribution in [0.15, 0.2) is 48.7 Å². The molecule has 4 rings (SSSR count). The fourth-order valence-corrected chi connectivity index (χ4v) is 5.26. The molecule has 1 aromatic carbocycles. The van der Waals surface area contributed by atoms with E-state index in [0.29, 0.717) is 18.9 Å². The molecule has 0 unspecified atom stereocenters. The number of benzene rings is 1. The average molecular weight is 407 g/mol. The lowest BCUT2D eigenvalue weighted by atomic mass is 9.73. The number of nitrogens with one attached hydrogen (secondary N) is 1. The van der Waals surface area contributed by atoms with Gasteiger partial charge in [-0.1, -0.05) is 30.3 Å². The fourth-order valence-electron chi connectivity index (χ4n) is 5.26. The Balaban J connectivity index is 1.39. The first-order valence-electron chi connectivity index (χ1n) is 11.2. The second-order valence-electron chi connectivity index (χ2n) is 9.22. The van der Waals surface area contributed by atoms with Gasteiger partial charge in [0.05, 0.1) is 5.69 Å². The topological polar surface area (TPSA) is 48.5 Å². The van der Waals surface area contributed by atoms with E-state index >= 15 is 0 Å². The van der Waals surface area contributed by atoms with Gasteiger partial charge < -0.3 is 10.2 Å². The summed E-state index contributed by atoms with van der Waals surface area (Å²) in [4.78, 5) is 21.7. The van der Waals surface area contributed by atoms with Crippen LogP contribution in [-0.2, 0) is 16.8 Å². The summed E-state index contributed by atoms with van der Waals surface area (Å²) in [5, 5.41) is 3.10. The molecule has 1 aromatic heterocycles. The number of carbonyl (C=O) groups excluding carboxylic acids is 1. The lowest BCUT2D eigenvalue weighted by molar-refractivity contribution is -0.121. The Morgan fingerprint density at radius 2 is 1.93 bits per heavy atom. The number of amides is 1. The largest absolute Gasteiger partial charge is 0.355 e. The number of carbonyl (C=O) groups is 1. The Bertz CT molecular complexity index is 843. The predicted molar refractivity (Wildman–Crippen MR) is 120 cm³/mol. The summed E-state index contributed by atoms with van der Waals surface area (Å²) < 4.78 is 0. The summed E-state index contributed by atoms with van der Waals surface area (Å²) in [5.41, 5.74) is 4.27. The smallest absolute Gasteiger partial charge is 0.220 e. The molecule has 0 radical (unpaired) electrons. The van der Waals surface area contributed by atoms with Crippen molar-refractivity contribution >= 4 is 5.91 Å². The first-order valence-corrected chi connectivity index (χ1v) is 11.2. The van der Waals surface area contributed by atoms with Crippen molar-refractivity contribution in [2.75, 3.05) is 40.3 Å². The highest BCUT2D eigenvalue weighted by Gasteiger charge is 2.45. The van der Waals surface area contributed by atoms with E-state index < -0.39 is 0 Å². The number of fused-ring (bicyclic) bond motifs is 2. The quantitative estimate of drug-likeness (QED) is 0.767. The van der Waals surface area contributed by atoms with Gasteiger partial charge in [-0.15, -0.1) is 0 Å². The number of piperidine rings is 1. The van der Waals surface area contributed by atoms with Crippen molar-refractivity contribution in [2.24, 2.45) is 0 Å². The van der Waals surface area contributed by atoms with Crippen molar-refractivity contribution in [1.29, 1.82) is 0 Å². The molecule has 5 heteroatoms. The molecule has 2 heterocycles. The van der Waals surface area contributed by atoms with E-state index in [1.807, 2.05) is 26.4 Å². The van der Waals surface area contributed by atoms with E-state index in [4.69, 9.17) is 0 Å². The van der Waals surface area contributed by atoms with Gasteiger partial charge in [-0.05, 0) is 81.0 Å². The van der Waals surface area contributed by atoms with Crippen molar-refractivity contribution in [3.63, 3.8) is 0 Å². The van der Waals surface area contributed by atoms with E-state index in [2.05, 4.69) is 56.5 Å². The number of likely N-dealkylation sites (N-methyl/N-ethyl adjacent to an activating group) is 1. The van der Waals surface area contributed by atoms with Gasteiger partial charge in [0.15, 0.2) is 0 Å². The molecule has 2 aromatic rings. The number of hydrogen-bond donors (Lipinski definition) is 1. The van der Waals surface area contributed by atoms with E-state index in [9.17, 15) is 4.79 Å². The highest BCUT2D eigenvalue weighted by molar-refractivity contribution is 5.77. The van der Waals surface area contributed by atoms with Gasteiger partial charge in [0, 0.05) is 32.3 Å². The third-order valence-electron chi connectivity index (χ3n) is 6.85. The number of nitrogens with zero attached hydrogens (tertiary/aromatic N) is 3. The molecule has 160 valence electrons. The number of rotatable bonds is 7. The SMILES string of the molecule is CN(C)CCNC(=O)C[C@@H]1CC2(CCN(Cc3ccccn3)CC2)c2ccccc21. The van der Waals surface area contributed by atoms with Crippen LogP contribution in [0.25, 0.3) is 0 Å². The molecule has 2 aliphatic rings. The minimum atomic E-state index is 0.182. The molecule has 1 atom stereocenters. The monoisotopic (exact) mass is 406 g/mol. The Hall–Kier alpha value is -2.24. The Morgan fingerprint density at radius 1 is 1.17 bits per heavy atom. The van der Waals surface area contributed by atoms with Crippen LogP contribution >= 0.6 is 0 Å². The van der Waals surface area contributed by atoms with Gasteiger partial charge in [0.2, 0.25) is 5.91 Å². The van der Waals surface area contributed by atoms with E-state index in [0.717, 1.165) is 51.1 Å². The summed E-state index contributed by atoms with van der Waals surface area (Å²) in [5.74, 6) is 0.518. The standard InChI is InChI=1S/C25H34N4O/c1-28(2)16-13-27-24(30)17-20-18-25(23-9-4-3-8-22(20)23)10-14-29(15-11-25)19-21-7-5-6-12-26-21/h3-9,12,20H,10-11,13-19H2,1-2H3,(H,27,30)/t20-/m1/s1. The first kappa shape index (κ1) is 21.0. The number of pyridine rings is 1. The van der Waals surface area contributed by atoms with Crippen LogP contribution in [0.1, 0.15) is 48.4 Å². The molecular weight excluding hydrogens is 372 g/mol. The third kappa shape index (κ3) is 4.73. The van der Waals surface area contributed by atoms with Gasteiger partial charge in [0.25, 0.3) is 0 Å². The Labute approximate surface area is 180 Å². The van der Waals surface area contributed by atoms with Gasteiger partial charge >= 0.3 is 0 Å². The molecule has 1 saturated heterocycles. The highest BCUT2D eigenvalue weighted by atomic mass is 16.1. The second kappa shape index (κ2) is 9.27. The van der Waals surface area contributed by atoms with Crippen molar-refractivity contribution in [3.8, 4) is 0 Å². The predicted octanol–water partition coefficient (Wildman–Crippen LogP) is 3.17. The normalized spacial score (nSPS) is 20.4. The molecule has 1 aliphatic heterocycles. The van der Waals surface area contributed by atoms with Crippen LogP contribution in [0.4, 0.5) is 0 Å². The van der Waals surface area contributed by atoms with Crippen LogP contribution in [-0.4, -0.2) is 61.0 Å². The molecule has 5 nitrogen and oxygen atoms in total. The molecule has 1 spiro atoms. The minimum absolute atomic E-state index is 0.182. The minimum Gasteiger partial charge on any atom is -0.355 e. The molecule has 30 heavy (non-hydrogen) atoms. The van der Waals surface area contributed by atoms with Crippen LogP contribution in [0, 0.1) is 0 Å². The maximum absolute atomic E-state index is 12.6. The van der Waals surface area contributed by atoms with Crippen LogP contribution < -0.4 is 5.32 Å². The van der Waals surface area contributed by atoms with Crippen molar-refractivity contribution in [1.82, 2.24) is 20.1 Å². The van der Waals surface area contributed by atoms with Crippen molar-refractivity contribution < 1.29 is 4.79 Å². The maximum atomic E-state index is 12.6. The molecule has 0 saturated carbocycles. The first-order chi connectivity index (χ1) is 14.6. The molecule has 1 amide bonds. The number of likely N-dealkylation sites (tertiary alicyclic amines) is 1. The van der Waals surface area contributed by atoms with Gasteiger partial charge in [-0.25, -0.2) is 0 Å². The molecular formula is C25H34N4O. The van der Waals surface area contributed by atoms with Crippen molar-refractivity contribution in [2.45, 2.75) is 43.6 Å². The summed E-state index contributed by atoms with van der Waals surface area (Å²) in [6.07, 6.45) is 5.90. The highest BCUT2D eigenvalue weighted by Crippen LogP contribution is 2.52. The summed E-state index contributed by atoms with van der Waals surface area (Å²) in [7, 11) is 4.06. The molecule has 1 N–H and O–H groups in total. The third-order valence-corrected chi connectivity index (χ3v) is 6.85. The van der Waals surface area contributed by atoms with Gasteiger partial charge in [-0.3, -0.25) is 14.7 Å². The molecule has 1 fully saturated rings. The van der Waals surface area contributed by atoms with Crippen molar-refractivity contribution in [3.05, 3.63) is 65.5 Å². The Morgan fingerprint density at radius 3 is 2.67 bits per heavy atom. The maximum Gasteiger partial charge on any atom is 0.220 e. The Kier molecular flexibility index (Phi) is 6.49. The van der Waals surface area contributed by atoms with Gasteiger partial charge in [-0.2, -0.15) is 0 Å². The van der Waals surface area contributed by atoms with E-state index in [1.54, 1.807) is 0 Å². The van der Waals surface area contributed by atoms with Crippen LogP contribution in [0.2, 0.25) is 0 Å². The number of hydrogen-bond acceptors (Lipinski definition) is 4. The van der Waals surface area contributed by atoms with Gasteiger partial charge in [0.1, 0.15) is 0 Å². The zero-order valence-corrected chi connectivity index (χ0v) is 18.3. The lowest BCUT2D eigenvalue weighted by Crippen LogP contribution is -2.41. The van der Waals surface area contributed by atoms with E-state index in [-0.39, 0.29) is 11.3 Å². The zero-order valence-electron chi connectivity index (χ0n) is 18.3. The number of aromatic nitrogens is 1. The average Bonchev–Trinajstić information content (AvgIpc) is 3.04. The summed E-state index contributed by atoms with van der Waals surface area (Å²) in [6.45, 7) is 4.70. The lowest BCUT2D eigenvalue weighted by Gasteiger charge is -2.40. The van der Waals surface area contributed by atoms with E-state index in [1.165, 1.54) is 11.1 Å². The summed E-state index contributed by atoms with van der Waals surface area (Å²) in [6, 6.07) is 15.0. The second-order valence-corrected chi connectivity index (χ2v) is 9.22. The fraction of sp³-hybridized carbons (Fsp3) is 0.520. The molecule has 0 bridgehead atoms.